The van der Waals surface area contributed by atoms with Crippen LogP contribution in [0, 0.1) is 0 Å². The van der Waals surface area contributed by atoms with Crippen molar-refractivity contribution in [1.29, 1.82) is 0 Å². The van der Waals surface area contributed by atoms with Gasteiger partial charge in [-0.3, -0.25) is 4.98 Å². The van der Waals surface area contributed by atoms with Gasteiger partial charge in [-0.05, 0) is 43.0 Å². The summed E-state index contributed by atoms with van der Waals surface area (Å²) < 4.78 is 0. The molecule has 0 aliphatic heterocycles. The molecule has 3 heteroatoms. The van der Waals surface area contributed by atoms with Crippen molar-refractivity contribution in [2.75, 3.05) is 13.6 Å². The Hall–Kier alpha value is -1.38. The highest BCUT2D eigenvalue weighted by Crippen LogP contribution is 2.23. The number of nitrogens with zero attached hydrogens (tertiary/aromatic N) is 1. The van der Waals surface area contributed by atoms with Gasteiger partial charge in [-0.2, -0.15) is 0 Å². The molecule has 1 N–H and O–H groups in total. The Labute approximate surface area is 119 Å². The standard InChI is InChI=1S/C16H19ClN2/c1-18-11-15(13-5-3-2-4-6-13)8-7-14-9-10-19-12-16(14)17/h2-6,9-10,12,15,18H,7-8,11H2,1H3. The third-order valence-electron chi connectivity index (χ3n) is 3.34. The zero-order valence-corrected chi connectivity index (χ0v) is 11.9. The van der Waals surface area contributed by atoms with Crippen LogP contribution >= 0.6 is 11.6 Å². The van der Waals surface area contributed by atoms with Gasteiger partial charge in [0.1, 0.15) is 0 Å². The van der Waals surface area contributed by atoms with Crippen LogP contribution in [0.15, 0.2) is 48.8 Å². The highest BCUT2D eigenvalue weighted by molar-refractivity contribution is 6.31. The van der Waals surface area contributed by atoms with Gasteiger partial charge in [0.25, 0.3) is 0 Å². The van der Waals surface area contributed by atoms with E-state index >= 15 is 0 Å². The summed E-state index contributed by atoms with van der Waals surface area (Å²) in [5.74, 6) is 0.510. The lowest BCUT2D eigenvalue weighted by molar-refractivity contribution is 0.584. The van der Waals surface area contributed by atoms with E-state index in [1.807, 2.05) is 13.1 Å². The van der Waals surface area contributed by atoms with Crippen molar-refractivity contribution in [2.24, 2.45) is 0 Å². The number of hydrogen-bond acceptors (Lipinski definition) is 2. The van der Waals surface area contributed by atoms with Gasteiger partial charge in [0.2, 0.25) is 0 Å². The number of hydrogen-bond donors (Lipinski definition) is 1. The van der Waals surface area contributed by atoms with Crippen LogP contribution in [0.4, 0.5) is 0 Å². The molecular weight excluding hydrogens is 256 g/mol. The topological polar surface area (TPSA) is 24.9 Å². The van der Waals surface area contributed by atoms with Gasteiger partial charge in [0.15, 0.2) is 0 Å². The summed E-state index contributed by atoms with van der Waals surface area (Å²) in [6.07, 6.45) is 5.57. The SMILES string of the molecule is CNCC(CCc1ccncc1Cl)c1ccccc1. The summed E-state index contributed by atoms with van der Waals surface area (Å²) in [7, 11) is 2.00. The molecule has 1 heterocycles. The van der Waals surface area contributed by atoms with E-state index in [9.17, 15) is 0 Å². The monoisotopic (exact) mass is 274 g/mol. The minimum absolute atomic E-state index is 0.510. The molecule has 0 amide bonds. The van der Waals surface area contributed by atoms with Gasteiger partial charge in [-0.15, -0.1) is 0 Å². The number of aryl methyl sites for hydroxylation is 1. The summed E-state index contributed by atoms with van der Waals surface area (Å²) in [4.78, 5) is 4.02. The van der Waals surface area contributed by atoms with Crippen LogP contribution in [-0.4, -0.2) is 18.6 Å². The number of nitrogens with one attached hydrogen (secondary N) is 1. The van der Waals surface area contributed by atoms with E-state index in [4.69, 9.17) is 11.6 Å². The average molecular weight is 275 g/mol. The Morgan fingerprint density at radius 1 is 1.21 bits per heavy atom. The van der Waals surface area contributed by atoms with E-state index in [-0.39, 0.29) is 0 Å². The molecule has 19 heavy (non-hydrogen) atoms. The van der Waals surface area contributed by atoms with E-state index in [0.29, 0.717) is 5.92 Å². The van der Waals surface area contributed by atoms with Crippen LogP contribution in [0.3, 0.4) is 0 Å². The second kappa shape index (κ2) is 7.27. The lowest BCUT2D eigenvalue weighted by Gasteiger charge is -2.17. The second-order valence-electron chi connectivity index (χ2n) is 4.67. The molecule has 0 aliphatic carbocycles. The molecule has 0 saturated carbocycles. The van der Waals surface area contributed by atoms with Crippen molar-refractivity contribution < 1.29 is 0 Å². The molecule has 1 aromatic heterocycles. The normalized spacial score (nSPS) is 12.3. The maximum absolute atomic E-state index is 6.15. The minimum atomic E-state index is 0.510. The minimum Gasteiger partial charge on any atom is -0.319 e. The number of benzene rings is 1. The Balaban J connectivity index is 2.04. The average Bonchev–Trinajstić information content (AvgIpc) is 2.46. The fourth-order valence-electron chi connectivity index (χ4n) is 2.29. The molecule has 0 fully saturated rings. The highest BCUT2D eigenvalue weighted by Gasteiger charge is 2.11. The van der Waals surface area contributed by atoms with E-state index in [2.05, 4.69) is 40.6 Å². The molecule has 2 nitrogen and oxygen atoms in total. The fraction of sp³-hybridized carbons (Fsp3) is 0.312. The Kier molecular flexibility index (Phi) is 5.37. The summed E-state index contributed by atoms with van der Waals surface area (Å²) in [6, 6.07) is 12.6. The molecule has 2 rings (SSSR count). The molecule has 1 aromatic carbocycles. The number of halogens is 1. The summed E-state index contributed by atoms with van der Waals surface area (Å²) in [5.41, 5.74) is 2.55. The molecule has 1 unspecified atom stereocenters. The molecule has 0 aliphatic rings. The maximum Gasteiger partial charge on any atom is 0.0621 e. The largest absolute Gasteiger partial charge is 0.319 e. The quantitative estimate of drug-likeness (QED) is 0.869. The van der Waals surface area contributed by atoms with Crippen molar-refractivity contribution in [2.45, 2.75) is 18.8 Å². The van der Waals surface area contributed by atoms with Crippen LogP contribution < -0.4 is 5.32 Å². The molecule has 0 spiro atoms. The molecule has 100 valence electrons. The van der Waals surface area contributed by atoms with Gasteiger partial charge in [0, 0.05) is 18.9 Å². The number of aromatic nitrogens is 1. The second-order valence-corrected chi connectivity index (χ2v) is 5.08. The summed E-state index contributed by atoms with van der Waals surface area (Å²) in [6.45, 7) is 0.979. The first kappa shape index (κ1) is 14.0. The Morgan fingerprint density at radius 2 is 2.00 bits per heavy atom. The predicted molar refractivity (Wildman–Crippen MR) is 80.7 cm³/mol. The van der Waals surface area contributed by atoms with E-state index < -0.39 is 0 Å². The van der Waals surface area contributed by atoms with Crippen LogP contribution in [0.5, 0.6) is 0 Å². The van der Waals surface area contributed by atoms with Crippen LogP contribution in [0.1, 0.15) is 23.5 Å². The predicted octanol–water partition coefficient (Wildman–Crippen LogP) is 3.67. The van der Waals surface area contributed by atoms with Crippen molar-refractivity contribution in [3.63, 3.8) is 0 Å². The van der Waals surface area contributed by atoms with Gasteiger partial charge in [-0.1, -0.05) is 41.9 Å². The molecule has 0 bridgehead atoms. The van der Waals surface area contributed by atoms with Crippen LogP contribution in [-0.2, 0) is 6.42 Å². The van der Waals surface area contributed by atoms with E-state index in [1.165, 1.54) is 11.1 Å². The van der Waals surface area contributed by atoms with Crippen molar-refractivity contribution in [3.05, 3.63) is 64.9 Å². The third kappa shape index (κ3) is 4.05. The molecule has 1 atom stereocenters. The number of pyridine rings is 1. The lowest BCUT2D eigenvalue weighted by atomic mass is 9.92. The van der Waals surface area contributed by atoms with Crippen LogP contribution in [0.25, 0.3) is 0 Å². The maximum atomic E-state index is 6.15. The van der Waals surface area contributed by atoms with Crippen molar-refractivity contribution >= 4 is 11.6 Å². The zero-order chi connectivity index (χ0) is 13.5. The molecule has 0 saturated heterocycles. The lowest BCUT2D eigenvalue weighted by Crippen LogP contribution is -2.18. The van der Waals surface area contributed by atoms with E-state index in [0.717, 1.165) is 24.4 Å². The Morgan fingerprint density at radius 3 is 2.68 bits per heavy atom. The summed E-state index contributed by atoms with van der Waals surface area (Å²) in [5, 5.41) is 4.03. The van der Waals surface area contributed by atoms with Gasteiger partial charge < -0.3 is 5.32 Å². The van der Waals surface area contributed by atoms with Crippen molar-refractivity contribution in [1.82, 2.24) is 10.3 Å². The smallest absolute Gasteiger partial charge is 0.0621 e. The third-order valence-corrected chi connectivity index (χ3v) is 3.68. The highest BCUT2D eigenvalue weighted by atomic mass is 35.5. The fourth-order valence-corrected chi connectivity index (χ4v) is 2.51. The first-order chi connectivity index (χ1) is 9.31. The number of likely N-dealkylation sites (N-methyl/N-ethyl adjacent to an activating group) is 1. The van der Waals surface area contributed by atoms with E-state index in [1.54, 1.807) is 12.4 Å². The first-order valence-corrected chi connectivity index (χ1v) is 6.97. The van der Waals surface area contributed by atoms with Crippen molar-refractivity contribution in [3.8, 4) is 0 Å². The Bertz CT molecular complexity index is 499. The first-order valence-electron chi connectivity index (χ1n) is 6.59. The number of rotatable bonds is 6. The van der Waals surface area contributed by atoms with Gasteiger partial charge >= 0.3 is 0 Å². The molecule has 0 radical (unpaired) electrons. The van der Waals surface area contributed by atoms with Crippen LogP contribution in [0.2, 0.25) is 5.02 Å². The molecular formula is C16H19ClN2. The molecule has 2 aromatic rings. The van der Waals surface area contributed by atoms with Gasteiger partial charge in [-0.25, -0.2) is 0 Å². The van der Waals surface area contributed by atoms with Gasteiger partial charge in [0.05, 0.1) is 5.02 Å². The summed E-state index contributed by atoms with van der Waals surface area (Å²) >= 11 is 6.15. The zero-order valence-electron chi connectivity index (χ0n) is 11.1.